The van der Waals surface area contributed by atoms with E-state index in [0.717, 1.165) is 11.3 Å². The van der Waals surface area contributed by atoms with Crippen LogP contribution in [0, 0.1) is 0 Å². The van der Waals surface area contributed by atoms with Gasteiger partial charge in [-0.05, 0) is 42.5 Å². The van der Waals surface area contributed by atoms with Gasteiger partial charge in [0.05, 0.1) is 5.57 Å². The van der Waals surface area contributed by atoms with Crippen molar-refractivity contribution in [1.29, 1.82) is 0 Å². The number of benzene rings is 3. The summed E-state index contributed by atoms with van der Waals surface area (Å²) in [5, 5.41) is 5.82. The van der Waals surface area contributed by atoms with Crippen molar-refractivity contribution in [2.45, 2.75) is 4.90 Å². The van der Waals surface area contributed by atoms with Crippen LogP contribution in [-0.2, 0) is 14.9 Å². The van der Waals surface area contributed by atoms with Crippen molar-refractivity contribution >= 4 is 33.0 Å². The van der Waals surface area contributed by atoms with Gasteiger partial charge in [-0.2, -0.15) is 8.42 Å². The molecule has 1 aliphatic rings. The van der Waals surface area contributed by atoms with Crippen LogP contribution in [0.5, 0.6) is 5.75 Å². The molecule has 1 aliphatic heterocycles. The lowest BCUT2D eigenvalue weighted by Crippen LogP contribution is -2.09. The third kappa shape index (κ3) is 3.60. The molecule has 0 aliphatic carbocycles. The average molecular weight is 392 g/mol. The Labute approximate surface area is 162 Å². The van der Waals surface area contributed by atoms with E-state index < -0.39 is 10.1 Å². The molecule has 1 amide bonds. The Morgan fingerprint density at radius 1 is 0.857 bits per heavy atom. The lowest BCUT2D eigenvalue weighted by Gasteiger charge is -2.08. The number of rotatable bonds is 5. The van der Waals surface area contributed by atoms with Gasteiger partial charge in [0.25, 0.3) is 5.91 Å². The van der Waals surface area contributed by atoms with E-state index in [9.17, 15) is 13.2 Å². The monoisotopic (exact) mass is 392 g/mol. The first-order valence-corrected chi connectivity index (χ1v) is 9.91. The van der Waals surface area contributed by atoms with Crippen LogP contribution in [0.1, 0.15) is 5.56 Å². The molecule has 0 spiro atoms. The number of hydrogen-bond donors (Lipinski definition) is 2. The fourth-order valence-corrected chi connectivity index (χ4v) is 3.74. The van der Waals surface area contributed by atoms with Crippen molar-refractivity contribution in [2.24, 2.45) is 0 Å². The minimum Gasteiger partial charge on any atom is -0.379 e. The van der Waals surface area contributed by atoms with Crippen molar-refractivity contribution < 1.29 is 17.4 Å². The molecule has 7 heteroatoms. The SMILES string of the molecule is O=C1Nc2ccccc2C1=CNc1ccc(S(=O)(=O)Oc2ccccc2)cc1. The molecule has 0 atom stereocenters. The third-order valence-corrected chi connectivity index (χ3v) is 5.45. The van der Waals surface area contributed by atoms with E-state index in [1.807, 2.05) is 24.3 Å². The number of para-hydroxylation sites is 2. The molecule has 1 heterocycles. The van der Waals surface area contributed by atoms with Crippen LogP contribution in [0.3, 0.4) is 0 Å². The summed E-state index contributed by atoms with van der Waals surface area (Å²) in [7, 11) is -3.92. The number of anilines is 2. The minimum atomic E-state index is -3.92. The van der Waals surface area contributed by atoms with Gasteiger partial charge in [-0.15, -0.1) is 0 Å². The molecule has 0 bridgehead atoms. The molecule has 0 unspecified atom stereocenters. The molecule has 3 aromatic rings. The Morgan fingerprint density at radius 2 is 1.54 bits per heavy atom. The van der Waals surface area contributed by atoms with Crippen LogP contribution in [0.2, 0.25) is 0 Å². The molecular weight excluding hydrogens is 376 g/mol. The summed E-state index contributed by atoms with van der Waals surface area (Å²) in [5.41, 5.74) is 2.73. The second-order valence-corrected chi connectivity index (χ2v) is 7.62. The summed E-state index contributed by atoms with van der Waals surface area (Å²) in [5.74, 6) is 0.0597. The van der Waals surface area contributed by atoms with Crippen LogP contribution in [0.25, 0.3) is 5.57 Å². The number of carbonyl (C=O) groups is 1. The van der Waals surface area contributed by atoms with Crippen molar-refractivity contribution in [3.05, 3.63) is 90.6 Å². The van der Waals surface area contributed by atoms with E-state index in [0.29, 0.717) is 11.3 Å². The van der Waals surface area contributed by atoms with Crippen molar-refractivity contribution in [1.82, 2.24) is 0 Å². The summed E-state index contributed by atoms with van der Waals surface area (Å²) in [4.78, 5) is 12.1. The molecule has 0 aromatic heterocycles. The highest BCUT2D eigenvalue weighted by atomic mass is 32.2. The molecule has 0 radical (unpaired) electrons. The lowest BCUT2D eigenvalue weighted by atomic mass is 10.1. The van der Waals surface area contributed by atoms with Gasteiger partial charge in [-0.3, -0.25) is 4.79 Å². The van der Waals surface area contributed by atoms with Crippen molar-refractivity contribution in [3.8, 4) is 5.75 Å². The predicted octanol–water partition coefficient (Wildman–Crippen LogP) is 3.86. The number of hydrogen-bond acceptors (Lipinski definition) is 5. The van der Waals surface area contributed by atoms with Gasteiger partial charge in [0.2, 0.25) is 0 Å². The van der Waals surface area contributed by atoms with Crippen LogP contribution in [0.15, 0.2) is 90.0 Å². The van der Waals surface area contributed by atoms with Crippen LogP contribution in [-0.4, -0.2) is 14.3 Å². The van der Waals surface area contributed by atoms with E-state index >= 15 is 0 Å². The summed E-state index contributed by atoms with van der Waals surface area (Å²) in [6.45, 7) is 0. The summed E-state index contributed by atoms with van der Waals surface area (Å²) >= 11 is 0. The van der Waals surface area contributed by atoms with E-state index in [4.69, 9.17) is 4.18 Å². The Balaban J connectivity index is 1.50. The fraction of sp³-hybridized carbons (Fsp3) is 0. The average Bonchev–Trinajstić information content (AvgIpc) is 3.02. The Kier molecular flexibility index (Phi) is 4.58. The third-order valence-electron chi connectivity index (χ3n) is 4.19. The van der Waals surface area contributed by atoms with Crippen LogP contribution < -0.4 is 14.8 Å². The highest BCUT2D eigenvalue weighted by molar-refractivity contribution is 7.87. The zero-order valence-corrected chi connectivity index (χ0v) is 15.4. The first-order valence-electron chi connectivity index (χ1n) is 8.50. The second kappa shape index (κ2) is 7.21. The first-order chi connectivity index (χ1) is 13.5. The van der Waals surface area contributed by atoms with Gasteiger partial charge in [-0.25, -0.2) is 0 Å². The first kappa shape index (κ1) is 17.8. The largest absolute Gasteiger partial charge is 0.379 e. The van der Waals surface area contributed by atoms with E-state index in [-0.39, 0.29) is 16.6 Å². The molecule has 0 saturated heterocycles. The maximum absolute atomic E-state index is 12.4. The van der Waals surface area contributed by atoms with Gasteiger partial charge in [0.15, 0.2) is 0 Å². The Morgan fingerprint density at radius 3 is 2.29 bits per heavy atom. The van der Waals surface area contributed by atoms with Gasteiger partial charge >= 0.3 is 10.1 Å². The molecular formula is C21H16N2O4S. The van der Waals surface area contributed by atoms with E-state index in [1.54, 1.807) is 48.7 Å². The van der Waals surface area contributed by atoms with Gasteiger partial charge in [0, 0.05) is 23.1 Å². The molecule has 2 N–H and O–H groups in total. The van der Waals surface area contributed by atoms with Crippen molar-refractivity contribution in [3.63, 3.8) is 0 Å². The molecule has 6 nitrogen and oxygen atoms in total. The topological polar surface area (TPSA) is 84.5 Å². The molecule has 0 saturated carbocycles. The Bertz CT molecular complexity index is 1150. The molecule has 0 fully saturated rings. The summed E-state index contributed by atoms with van der Waals surface area (Å²) < 4.78 is 29.8. The van der Waals surface area contributed by atoms with Crippen LogP contribution in [0.4, 0.5) is 11.4 Å². The lowest BCUT2D eigenvalue weighted by molar-refractivity contribution is -0.110. The number of carbonyl (C=O) groups excluding carboxylic acids is 1. The molecule has 28 heavy (non-hydrogen) atoms. The zero-order chi connectivity index (χ0) is 19.6. The number of amides is 1. The van der Waals surface area contributed by atoms with Gasteiger partial charge in [0.1, 0.15) is 10.6 Å². The Hall–Kier alpha value is -3.58. The highest BCUT2D eigenvalue weighted by Gasteiger charge is 2.23. The zero-order valence-electron chi connectivity index (χ0n) is 14.6. The van der Waals surface area contributed by atoms with Gasteiger partial charge in [-0.1, -0.05) is 36.4 Å². The molecule has 140 valence electrons. The standard InChI is InChI=1S/C21H16N2O4S/c24-21-19(18-8-4-5-9-20(18)23-21)14-22-15-10-12-17(13-11-15)28(25,26)27-16-6-2-1-3-7-16/h1-14,22H,(H,23,24). The fourth-order valence-electron chi connectivity index (χ4n) is 2.81. The van der Waals surface area contributed by atoms with Gasteiger partial charge < -0.3 is 14.8 Å². The maximum atomic E-state index is 12.4. The number of fused-ring (bicyclic) bond motifs is 1. The minimum absolute atomic E-state index is 0.0403. The maximum Gasteiger partial charge on any atom is 0.339 e. The number of nitrogens with one attached hydrogen (secondary N) is 2. The highest BCUT2D eigenvalue weighted by Crippen LogP contribution is 2.31. The normalized spacial score (nSPS) is 14.4. The smallest absolute Gasteiger partial charge is 0.339 e. The van der Waals surface area contributed by atoms with E-state index in [2.05, 4.69) is 10.6 Å². The molecule has 4 rings (SSSR count). The summed E-state index contributed by atoms with van der Waals surface area (Å²) in [6.07, 6.45) is 1.60. The predicted molar refractivity (Wildman–Crippen MR) is 107 cm³/mol. The van der Waals surface area contributed by atoms with Crippen LogP contribution >= 0.6 is 0 Å². The summed E-state index contributed by atoms with van der Waals surface area (Å²) in [6, 6.07) is 21.8. The second-order valence-electron chi connectivity index (χ2n) is 6.08. The molecule has 3 aromatic carbocycles. The van der Waals surface area contributed by atoms with Crippen molar-refractivity contribution in [2.75, 3.05) is 10.6 Å². The van der Waals surface area contributed by atoms with E-state index in [1.165, 1.54) is 12.1 Å². The quantitative estimate of drug-likeness (QED) is 0.509.